The van der Waals surface area contributed by atoms with Crippen LogP contribution in [0, 0.1) is 11.7 Å². The van der Waals surface area contributed by atoms with Gasteiger partial charge in [0.2, 0.25) is 0 Å². The molecule has 0 bridgehead atoms. The van der Waals surface area contributed by atoms with Gasteiger partial charge in [-0.1, -0.05) is 0 Å². The van der Waals surface area contributed by atoms with Crippen LogP contribution in [0.25, 0.3) is 0 Å². The van der Waals surface area contributed by atoms with Crippen LogP contribution in [0.1, 0.15) is 47.2 Å². The number of hydrogen-bond donors (Lipinski definition) is 0. The Kier molecular flexibility index (Phi) is 7.20. The van der Waals surface area contributed by atoms with E-state index in [-0.39, 0.29) is 11.6 Å². The first-order valence-electron chi connectivity index (χ1n) is 11.4. The third kappa shape index (κ3) is 5.01. The second-order valence-corrected chi connectivity index (χ2v) is 8.53. The highest BCUT2D eigenvalue weighted by molar-refractivity contribution is 6.04. The molecule has 5 nitrogen and oxygen atoms in total. The fourth-order valence-corrected chi connectivity index (χ4v) is 4.77. The monoisotopic (exact) mass is 438 g/mol. The van der Waals surface area contributed by atoms with Crippen molar-refractivity contribution in [2.75, 3.05) is 40.4 Å². The molecule has 1 saturated heterocycles. The highest BCUT2D eigenvalue weighted by Crippen LogP contribution is 2.35. The van der Waals surface area contributed by atoms with Crippen molar-refractivity contribution in [1.82, 2.24) is 4.90 Å². The first kappa shape index (κ1) is 22.5. The fourth-order valence-electron chi connectivity index (χ4n) is 4.77. The Bertz CT molecular complexity index is 979. The van der Waals surface area contributed by atoms with Crippen LogP contribution in [0.5, 0.6) is 11.5 Å². The number of carbonyl (C=O) groups excluding carboxylic acids is 1. The van der Waals surface area contributed by atoms with Gasteiger partial charge in [0.15, 0.2) is 17.3 Å². The molecule has 4 rings (SSSR count). The molecule has 2 aromatic rings. The highest BCUT2D eigenvalue weighted by atomic mass is 19.1. The maximum absolute atomic E-state index is 13.0. The zero-order valence-corrected chi connectivity index (χ0v) is 18.9. The molecule has 2 aromatic carbocycles. The Labute approximate surface area is 189 Å². The van der Waals surface area contributed by atoms with Crippen molar-refractivity contribution >= 4 is 11.5 Å². The van der Waals surface area contributed by atoms with Crippen LogP contribution < -0.4 is 9.47 Å². The van der Waals surface area contributed by atoms with E-state index < -0.39 is 0 Å². The van der Waals surface area contributed by atoms with Gasteiger partial charge in [0.1, 0.15) is 5.82 Å². The van der Waals surface area contributed by atoms with Crippen molar-refractivity contribution in [3.05, 3.63) is 58.9 Å². The molecule has 2 aliphatic heterocycles. The van der Waals surface area contributed by atoms with Crippen LogP contribution >= 0.6 is 0 Å². The van der Waals surface area contributed by atoms with Gasteiger partial charge in [-0.25, -0.2) is 4.39 Å². The van der Waals surface area contributed by atoms with Gasteiger partial charge >= 0.3 is 0 Å². The molecular weight excluding hydrogens is 407 g/mol. The molecule has 0 atom stereocenters. The summed E-state index contributed by atoms with van der Waals surface area (Å²) in [5.41, 5.74) is 4.29. The second kappa shape index (κ2) is 10.3. The van der Waals surface area contributed by atoms with Gasteiger partial charge in [-0.3, -0.25) is 9.79 Å². The van der Waals surface area contributed by atoms with Gasteiger partial charge in [0.25, 0.3) is 0 Å². The second-order valence-electron chi connectivity index (χ2n) is 8.53. The van der Waals surface area contributed by atoms with Crippen molar-refractivity contribution in [2.24, 2.45) is 10.9 Å². The number of benzene rings is 2. The van der Waals surface area contributed by atoms with E-state index in [9.17, 15) is 9.18 Å². The molecule has 32 heavy (non-hydrogen) atoms. The minimum absolute atomic E-state index is 0.0810. The lowest BCUT2D eigenvalue weighted by atomic mass is 9.84. The van der Waals surface area contributed by atoms with Gasteiger partial charge in [-0.05, 0) is 87.3 Å². The summed E-state index contributed by atoms with van der Waals surface area (Å²) in [4.78, 5) is 19.6. The van der Waals surface area contributed by atoms with Crippen LogP contribution in [0.4, 0.5) is 4.39 Å². The van der Waals surface area contributed by atoms with E-state index in [4.69, 9.17) is 14.5 Å². The number of halogens is 1. The van der Waals surface area contributed by atoms with Crippen molar-refractivity contribution in [3.63, 3.8) is 0 Å². The largest absolute Gasteiger partial charge is 0.493 e. The molecular formula is C26H31FN2O3. The summed E-state index contributed by atoms with van der Waals surface area (Å²) >= 11 is 0. The van der Waals surface area contributed by atoms with Crippen molar-refractivity contribution < 1.29 is 18.7 Å². The van der Waals surface area contributed by atoms with Crippen molar-refractivity contribution in [1.29, 1.82) is 0 Å². The lowest BCUT2D eigenvalue weighted by molar-refractivity contribution is 0.0972. The third-order valence-corrected chi connectivity index (χ3v) is 6.57. The molecule has 0 aliphatic carbocycles. The number of aliphatic imine (C=N–C) groups is 1. The Morgan fingerprint density at radius 3 is 2.47 bits per heavy atom. The molecule has 2 heterocycles. The fraction of sp³-hybridized carbons (Fsp3) is 0.462. The molecule has 2 aliphatic rings. The van der Waals surface area contributed by atoms with Crippen molar-refractivity contribution in [2.45, 2.75) is 32.1 Å². The van der Waals surface area contributed by atoms with Gasteiger partial charge in [0.05, 0.1) is 14.2 Å². The molecule has 0 unspecified atom stereocenters. The van der Waals surface area contributed by atoms with E-state index in [0.717, 1.165) is 63.4 Å². The number of carbonyl (C=O) groups is 1. The smallest absolute Gasteiger partial charge is 0.162 e. The summed E-state index contributed by atoms with van der Waals surface area (Å²) in [5.74, 6) is 1.75. The average Bonchev–Trinajstić information content (AvgIpc) is 2.83. The number of methoxy groups -OCH3 is 2. The van der Waals surface area contributed by atoms with Crippen LogP contribution in [0.3, 0.4) is 0 Å². The van der Waals surface area contributed by atoms with E-state index in [2.05, 4.69) is 17.0 Å². The summed E-state index contributed by atoms with van der Waals surface area (Å²) in [7, 11) is 3.34. The van der Waals surface area contributed by atoms with Crippen LogP contribution in [0.2, 0.25) is 0 Å². The Morgan fingerprint density at radius 1 is 1.09 bits per heavy atom. The summed E-state index contributed by atoms with van der Waals surface area (Å²) in [6.07, 6.45) is 4.38. The molecule has 0 aromatic heterocycles. The molecule has 1 fully saturated rings. The van der Waals surface area contributed by atoms with E-state index >= 15 is 0 Å². The number of nitrogens with zero attached hydrogens (tertiary/aromatic N) is 2. The Balaban J connectivity index is 1.30. The molecule has 0 spiro atoms. The summed E-state index contributed by atoms with van der Waals surface area (Å²) in [6, 6.07) is 9.99. The molecule has 0 saturated carbocycles. The maximum atomic E-state index is 13.0. The summed E-state index contributed by atoms with van der Waals surface area (Å²) in [5, 5.41) is 0. The van der Waals surface area contributed by atoms with Gasteiger partial charge < -0.3 is 14.4 Å². The SMILES string of the molecule is COc1cc2c(cc1OC)C(C1CCN(CCCC(=O)c3ccc(F)cc3)CC1)=NCC2. The lowest BCUT2D eigenvalue weighted by Crippen LogP contribution is -2.38. The lowest BCUT2D eigenvalue weighted by Gasteiger charge is -2.34. The van der Waals surface area contributed by atoms with Crippen LogP contribution in [-0.2, 0) is 6.42 Å². The topological polar surface area (TPSA) is 51.1 Å². The number of Topliss-reactive ketones (excluding diaryl/α,β-unsaturated/α-hetero) is 1. The van der Waals surface area contributed by atoms with Gasteiger partial charge in [-0.15, -0.1) is 0 Å². The summed E-state index contributed by atoms with van der Waals surface area (Å²) < 4.78 is 24.0. The number of hydrogen-bond acceptors (Lipinski definition) is 5. The van der Waals surface area contributed by atoms with E-state index in [0.29, 0.717) is 17.9 Å². The molecule has 0 N–H and O–H groups in total. The van der Waals surface area contributed by atoms with Gasteiger partial charge in [0, 0.05) is 35.7 Å². The predicted molar refractivity (Wildman–Crippen MR) is 124 cm³/mol. The number of ether oxygens (including phenoxy) is 2. The molecule has 0 amide bonds. The normalized spacial score (nSPS) is 16.9. The number of rotatable bonds is 8. The highest BCUT2D eigenvalue weighted by Gasteiger charge is 2.28. The number of ketones is 1. The summed E-state index contributed by atoms with van der Waals surface area (Å²) in [6.45, 7) is 3.76. The first-order chi connectivity index (χ1) is 15.6. The predicted octanol–water partition coefficient (Wildman–Crippen LogP) is 4.56. The quantitative estimate of drug-likeness (QED) is 0.567. The number of likely N-dealkylation sites (tertiary alicyclic amines) is 1. The average molecular weight is 439 g/mol. The van der Waals surface area contributed by atoms with E-state index in [1.807, 2.05) is 0 Å². The zero-order valence-electron chi connectivity index (χ0n) is 18.9. The molecule has 0 radical (unpaired) electrons. The first-order valence-corrected chi connectivity index (χ1v) is 11.4. The van der Waals surface area contributed by atoms with E-state index in [1.54, 1.807) is 26.4 Å². The molecule has 170 valence electrons. The minimum Gasteiger partial charge on any atom is -0.493 e. The van der Waals surface area contributed by atoms with Gasteiger partial charge in [-0.2, -0.15) is 0 Å². The van der Waals surface area contributed by atoms with Crippen LogP contribution in [0.15, 0.2) is 41.4 Å². The standard InChI is InChI=1S/C26H31FN2O3/c1-31-24-16-20-9-12-28-26(22(20)17-25(24)32-2)19-10-14-29(15-11-19)13-3-4-23(30)18-5-7-21(27)8-6-18/h5-8,16-17,19H,3-4,9-15H2,1-2H3. The minimum atomic E-state index is -0.313. The van der Waals surface area contributed by atoms with E-state index in [1.165, 1.54) is 29.0 Å². The number of fused-ring (bicyclic) bond motifs is 1. The van der Waals surface area contributed by atoms with Crippen molar-refractivity contribution in [3.8, 4) is 11.5 Å². The zero-order chi connectivity index (χ0) is 22.5. The molecule has 6 heteroatoms. The number of piperidine rings is 1. The Hall–Kier alpha value is -2.73. The third-order valence-electron chi connectivity index (χ3n) is 6.57. The Morgan fingerprint density at radius 2 is 1.78 bits per heavy atom. The van der Waals surface area contributed by atoms with Crippen LogP contribution in [-0.4, -0.2) is 56.8 Å². The maximum Gasteiger partial charge on any atom is 0.162 e.